The molecule has 4 heteroatoms. The highest BCUT2D eigenvalue weighted by atomic mass is 16.5. The van der Waals surface area contributed by atoms with E-state index in [0.717, 1.165) is 51.4 Å². The number of hydrogen-bond acceptors (Lipinski definition) is 3. The number of benzene rings is 1. The molecule has 2 aliphatic rings. The van der Waals surface area contributed by atoms with Crippen molar-refractivity contribution in [1.29, 1.82) is 0 Å². The van der Waals surface area contributed by atoms with E-state index in [1.807, 2.05) is 4.90 Å². The molecule has 2 heterocycles. The summed E-state index contributed by atoms with van der Waals surface area (Å²) in [5.74, 6) is 0.255. The fourth-order valence-corrected chi connectivity index (χ4v) is 3.01. The summed E-state index contributed by atoms with van der Waals surface area (Å²) in [5.41, 5.74) is 3.68. The number of carbonyl (C=O) groups is 1. The van der Waals surface area contributed by atoms with Crippen molar-refractivity contribution in [2.45, 2.75) is 26.2 Å². The van der Waals surface area contributed by atoms with Crippen molar-refractivity contribution in [3.63, 3.8) is 0 Å². The first-order valence-electron chi connectivity index (χ1n) is 7.55. The topological polar surface area (TPSA) is 32.8 Å². The molecule has 0 unspecified atom stereocenters. The summed E-state index contributed by atoms with van der Waals surface area (Å²) >= 11 is 0. The molecule has 0 aliphatic carbocycles. The summed E-state index contributed by atoms with van der Waals surface area (Å²) in [4.78, 5) is 16.4. The smallest absolute Gasteiger partial charge is 0.226 e. The molecule has 1 aromatic rings. The maximum atomic E-state index is 12.1. The number of carbonyl (C=O) groups excluding carboxylic acids is 1. The van der Waals surface area contributed by atoms with Crippen molar-refractivity contribution in [1.82, 2.24) is 0 Å². The first-order chi connectivity index (χ1) is 9.79. The Bertz CT molecular complexity index is 495. The minimum Gasteiger partial charge on any atom is -0.378 e. The third kappa shape index (κ3) is 2.52. The number of rotatable bonds is 3. The zero-order valence-electron chi connectivity index (χ0n) is 12.1. The predicted octanol–water partition coefficient (Wildman–Crippen LogP) is 2.21. The lowest BCUT2D eigenvalue weighted by Crippen LogP contribution is -2.36. The summed E-state index contributed by atoms with van der Waals surface area (Å²) in [6.45, 7) is 6.40. The third-order valence-electron chi connectivity index (χ3n) is 4.10. The number of hydrogen-bond donors (Lipinski definition) is 0. The zero-order valence-corrected chi connectivity index (χ0v) is 12.1. The van der Waals surface area contributed by atoms with Crippen LogP contribution in [0.4, 0.5) is 11.4 Å². The molecule has 2 aliphatic heterocycles. The lowest BCUT2D eigenvalue weighted by atomic mass is 10.1. The molecular formula is C16H22N2O2. The van der Waals surface area contributed by atoms with E-state index in [-0.39, 0.29) is 5.91 Å². The van der Waals surface area contributed by atoms with Gasteiger partial charge in [-0.15, -0.1) is 0 Å². The van der Waals surface area contributed by atoms with Gasteiger partial charge in [-0.1, -0.05) is 6.92 Å². The molecule has 1 amide bonds. The van der Waals surface area contributed by atoms with Gasteiger partial charge < -0.3 is 14.5 Å². The van der Waals surface area contributed by atoms with Gasteiger partial charge >= 0.3 is 0 Å². The van der Waals surface area contributed by atoms with Gasteiger partial charge in [0.05, 0.1) is 13.2 Å². The van der Waals surface area contributed by atoms with Crippen LogP contribution in [0.2, 0.25) is 0 Å². The van der Waals surface area contributed by atoms with Crippen LogP contribution in [0, 0.1) is 0 Å². The molecule has 0 N–H and O–H groups in total. The van der Waals surface area contributed by atoms with E-state index in [1.165, 1.54) is 11.3 Å². The zero-order chi connectivity index (χ0) is 13.9. The van der Waals surface area contributed by atoms with Gasteiger partial charge in [0.1, 0.15) is 0 Å². The van der Waals surface area contributed by atoms with Crippen LogP contribution in [0.1, 0.15) is 25.3 Å². The van der Waals surface area contributed by atoms with Gasteiger partial charge in [-0.25, -0.2) is 0 Å². The van der Waals surface area contributed by atoms with Crippen molar-refractivity contribution in [3.8, 4) is 0 Å². The lowest BCUT2D eigenvalue weighted by molar-refractivity contribution is -0.118. The van der Waals surface area contributed by atoms with Crippen LogP contribution in [0.15, 0.2) is 18.2 Å². The van der Waals surface area contributed by atoms with Crippen LogP contribution in [0.5, 0.6) is 0 Å². The SMILES string of the molecule is CCCC(=O)N1CCc2cc(N3CCOCC3)ccc21. The molecule has 0 radical (unpaired) electrons. The number of anilines is 2. The number of fused-ring (bicyclic) bond motifs is 1. The van der Waals surface area contributed by atoms with Gasteiger partial charge in [0.15, 0.2) is 0 Å². The highest BCUT2D eigenvalue weighted by molar-refractivity contribution is 5.95. The third-order valence-corrected chi connectivity index (χ3v) is 4.10. The summed E-state index contributed by atoms with van der Waals surface area (Å²) < 4.78 is 5.39. The monoisotopic (exact) mass is 274 g/mol. The molecule has 0 saturated carbocycles. The molecular weight excluding hydrogens is 252 g/mol. The molecule has 1 saturated heterocycles. The first kappa shape index (κ1) is 13.4. The highest BCUT2D eigenvalue weighted by Crippen LogP contribution is 2.32. The maximum absolute atomic E-state index is 12.1. The highest BCUT2D eigenvalue weighted by Gasteiger charge is 2.24. The van der Waals surface area contributed by atoms with Gasteiger partial charge in [0, 0.05) is 37.4 Å². The Labute approximate surface area is 120 Å². The van der Waals surface area contributed by atoms with Gasteiger partial charge in [0.25, 0.3) is 0 Å². The molecule has 3 rings (SSSR count). The van der Waals surface area contributed by atoms with E-state index >= 15 is 0 Å². The second-order valence-corrected chi connectivity index (χ2v) is 5.46. The molecule has 1 aromatic carbocycles. The van der Waals surface area contributed by atoms with Crippen molar-refractivity contribution < 1.29 is 9.53 Å². The van der Waals surface area contributed by atoms with E-state index in [4.69, 9.17) is 4.74 Å². The van der Waals surface area contributed by atoms with Crippen molar-refractivity contribution in [3.05, 3.63) is 23.8 Å². The summed E-state index contributed by atoms with van der Waals surface area (Å²) in [7, 11) is 0. The van der Waals surface area contributed by atoms with E-state index in [9.17, 15) is 4.79 Å². The Balaban J connectivity index is 1.79. The summed E-state index contributed by atoms with van der Waals surface area (Å²) in [6, 6.07) is 6.50. The molecule has 0 atom stereocenters. The Kier molecular flexibility index (Phi) is 3.92. The molecule has 20 heavy (non-hydrogen) atoms. The Morgan fingerprint density at radius 2 is 2.05 bits per heavy atom. The van der Waals surface area contributed by atoms with Crippen molar-refractivity contribution in [2.24, 2.45) is 0 Å². The predicted molar refractivity (Wildman–Crippen MR) is 80.4 cm³/mol. The number of ether oxygens (including phenoxy) is 1. The van der Waals surface area contributed by atoms with Gasteiger partial charge in [-0.2, -0.15) is 0 Å². The lowest BCUT2D eigenvalue weighted by Gasteiger charge is -2.29. The van der Waals surface area contributed by atoms with Crippen LogP contribution in [0.25, 0.3) is 0 Å². The van der Waals surface area contributed by atoms with E-state index in [0.29, 0.717) is 6.42 Å². The molecule has 0 bridgehead atoms. The van der Waals surface area contributed by atoms with Crippen LogP contribution in [-0.4, -0.2) is 38.8 Å². The fraction of sp³-hybridized carbons (Fsp3) is 0.562. The average molecular weight is 274 g/mol. The van der Waals surface area contributed by atoms with Gasteiger partial charge in [0.2, 0.25) is 5.91 Å². The standard InChI is InChI=1S/C16H22N2O2/c1-2-3-16(19)18-7-6-13-12-14(4-5-15(13)18)17-8-10-20-11-9-17/h4-5,12H,2-3,6-11H2,1H3. The second kappa shape index (κ2) is 5.83. The second-order valence-electron chi connectivity index (χ2n) is 5.46. The van der Waals surface area contributed by atoms with Crippen molar-refractivity contribution >= 4 is 17.3 Å². The number of nitrogens with zero attached hydrogens (tertiary/aromatic N) is 2. The normalized spacial score (nSPS) is 18.2. The minimum absolute atomic E-state index is 0.255. The summed E-state index contributed by atoms with van der Waals surface area (Å²) in [5, 5.41) is 0. The Morgan fingerprint density at radius 1 is 1.25 bits per heavy atom. The molecule has 0 aromatic heterocycles. The quantitative estimate of drug-likeness (QED) is 0.847. The van der Waals surface area contributed by atoms with Crippen LogP contribution in [0.3, 0.4) is 0 Å². The van der Waals surface area contributed by atoms with Crippen LogP contribution >= 0.6 is 0 Å². The van der Waals surface area contributed by atoms with Gasteiger partial charge in [-0.05, 0) is 36.6 Å². The average Bonchev–Trinajstić information content (AvgIpc) is 2.91. The van der Waals surface area contributed by atoms with Gasteiger partial charge in [-0.3, -0.25) is 4.79 Å². The molecule has 108 valence electrons. The maximum Gasteiger partial charge on any atom is 0.226 e. The molecule has 1 fully saturated rings. The number of morpholine rings is 1. The first-order valence-corrected chi connectivity index (χ1v) is 7.55. The minimum atomic E-state index is 0.255. The van der Waals surface area contributed by atoms with E-state index < -0.39 is 0 Å². The van der Waals surface area contributed by atoms with Crippen LogP contribution in [-0.2, 0) is 16.0 Å². The Morgan fingerprint density at radius 3 is 2.80 bits per heavy atom. The van der Waals surface area contributed by atoms with Crippen LogP contribution < -0.4 is 9.80 Å². The molecule has 0 spiro atoms. The van der Waals surface area contributed by atoms with E-state index in [1.54, 1.807) is 0 Å². The Hall–Kier alpha value is -1.55. The van der Waals surface area contributed by atoms with Crippen molar-refractivity contribution in [2.75, 3.05) is 42.6 Å². The molecule has 4 nitrogen and oxygen atoms in total. The number of amides is 1. The largest absolute Gasteiger partial charge is 0.378 e. The van der Waals surface area contributed by atoms with E-state index in [2.05, 4.69) is 30.0 Å². The fourth-order valence-electron chi connectivity index (χ4n) is 3.01. The summed E-state index contributed by atoms with van der Waals surface area (Å²) in [6.07, 6.45) is 2.53.